The van der Waals surface area contributed by atoms with Crippen LogP contribution in [-0.4, -0.2) is 56.5 Å². The van der Waals surface area contributed by atoms with E-state index in [1.807, 2.05) is 0 Å². The van der Waals surface area contributed by atoms with Gasteiger partial charge < -0.3 is 0 Å². The molecule has 0 amide bonds. The van der Waals surface area contributed by atoms with Gasteiger partial charge >= 0.3 is 6.18 Å². The second-order valence-electron chi connectivity index (χ2n) is 4.48. The molecule has 1 aliphatic heterocycles. The summed E-state index contributed by atoms with van der Waals surface area (Å²) in [5, 5.41) is 0.300. The SMILES string of the molecule is O=S(=O)(c1cc(Cl)c(Br)s1)N1CCN(CC(F)(F)F)CC1. The summed E-state index contributed by atoms with van der Waals surface area (Å²) in [6, 6.07) is 1.34. The minimum absolute atomic E-state index is 0.0333. The summed E-state index contributed by atoms with van der Waals surface area (Å²) in [5.74, 6) is 0. The number of piperazine rings is 1. The molecule has 21 heavy (non-hydrogen) atoms. The fourth-order valence-corrected chi connectivity index (χ4v) is 5.94. The van der Waals surface area contributed by atoms with Gasteiger partial charge in [0, 0.05) is 26.2 Å². The average molecular weight is 428 g/mol. The molecule has 0 unspecified atom stereocenters. The highest BCUT2D eigenvalue weighted by atomic mass is 79.9. The van der Waals surface area contributed by atoms with E-state index >= 15 is 0 Å². The van der Waals surface area contributed by atoms with Crippen molar-refractivity contribution in [3.8, 4) is 0 Å². The van der Waals surface area contributed by atoms with Crippen LogP contribution in [0, 0.1) is 0 Å². The minimum Gasteiger partial charge on any atom is -0.292 e. The van der Waals surface area contributed by atoms with Gasteiger partial charge in [-0.3, -0.25) is 4.90 Å². The van der Waals surface area contributed by atoms with Crippen LogP contribution in [0.15, 0.2) is 14.1 Å². The summed E-state index contributed by atoms with van der Waals surface area (Å²) >= 11 is 9.95. The molecule has 0 atom stereocenters. The second-order valence-corrected chi connectivity index (χ2v) is 9.42. The number of hydrogen-bond donors (Lipinski definition) is 0. The number of nitrogens with zero attached hydrogens (tertiary/aromatic N) is 2. The number of halogens is 5. The Hall–Kier alpha value is 0.130. The number of rotatable bonds is 3. The zero-order valence-electron chi connectivity index (χ0n) is 10.5. The summed E-state index contributed by atoms with van der Waals surface area (Å²) in [4.78, 5) is 1.20. The molecule has 1 aromatic heterocycles. The van der Waals surface area contributed by atoms with E-state index < -0.39 is 22.7 Å². The van der Waals surface area contributed by atoms with E-state index in [2.05, 4.69) is 15.9 Å². The molecule has 0 radical (unpaired) electrons. The van der Waals surface area contributed by atoms with E-state index in [9.17, 15) is 21.6 Å². The Labute approximate surface area is 137 Å². The molecule has 11 heteroatoms. The van der Waals surface area contributed by atoms with Gasteiger partial charge in [-0.25, -0.2) is 8.42 Å². The maximum atomic E-state index is 12.4. The minimum atomic E-state index is -4.27. The fraction of sp³-hybridized carbons (Fsp3) is 0.600. The van der Waals surface area contributed by atoms with Crippen LogP contribution in [0.2, 0.25) is 5.02 Å². The van der Waals surface area contributed by atoms with Gasteiger partial charge in [-0.1, -0.05) is 11.6 Å². The van der Waals surface area contributed by atoms with Crippen LogP contribution in [0.1, 0.15) is 0 Å². The van der Waals surface area contributed by atoms with Gasteiger partial charge in [0.2, 0.25) is 0 Å². The van der Waals surface area contributed by atoms with Crippen molar-refractivity contribution in [1.29, 1.82) is 0 Å². The maximum Gasteiger partial charge on any atom is 0.401 e. The van der Waals surface area contributed by atoms with E-state index in [-0.39, 0.29) is 30.4 Å². The molecular formula is C10H11BrClF3N2O2S2. The highest BCUT2D eigenvalue weighted by Gasteiger charge is 2.35. The first-order valence-corrected chi connectivity index (χ1v) is 9.26. The third kappa shape index (κ3) is 4.32. The monoisotopic (exact) mass is 426 g/mol. The molecule has 1 aliphatic rings. The van der Waals surface area contributed by atoms with Crippen molar-refractivity contribution in [1.82, 2.24) is 9.21 Å². The van der Waals surface area contributed by atoms with Crippen molar-refractivity contribution >= 4 is 48.9 Å². The molecule has 0 aromatic carbocycles. The van der Waals surface area contributed by atoms with Gasteiger partial charge in [0.05, 0.1) is 15.4 Å². The van der Waals surface area contributed by atoms with E-state index in [0.717, 1.165) is 11.3 Å². The molecular weight excluding hydrogens is 417 g/mol. The largest absolute Gasteiger partial charge is 0.401 e. The van der Waals surface area contributed by atoms with Crippen LogP contribution in [0.3, 0.4) is 0 Å². The van der Waals surface area contributed by atoms with E-state index in [4.69, 9.17) is 11.6 Å². The third-order valence-electron chi connectivity index (χ3n) is 2.95. The highest BCUT2D eigenvalue weighted by molar-refractivity contribution is 9.11. The Balaban J connectivity index is 2.04. The molecule has 1 saturated heterocycles. The number of thiophene rings is 1. The molecule has 0 saturated carbocycles. The topological polar surface area (TPSA) is 40.6 Å². The Morgan fingerprint density at radius 1 is 1.29 bits per heavy atom. The summed E-state index contributed by atoms with van der Waals surface area (Å²) < 4.78 is 63.4. The average Bonchev–Trinajstić information content (AvgIpc) is 2.69. The molecule has 0 N–H and O–H groups in total. The van der Waals surface area contributed by atoms with Crippen LogP contribution in [-0.2, 0) is 10.0 Å². The van der Waals surface area contributed by atoms with Crippen molar-refractivity contribution in [2.75, 3.05) is 32.7 Å². The maximum absolute atomic E-state index is 12.4. The van der Waals surface area contributed by atoms with E-state index in [1.54, 1.807) is 0 Å². The zero-order valence-corrected chi connectivity index (χ0v) is 14.5. The second kappa shape index (κ2) is 6.32. The normalized spacial score (nSPS) is 19.1. The smallest absolute Gasteiger partial charge is 0.292 e. The molecule has 2 heterocycles. The Morgan fingerprint density at radius 2 is 1.86 bits per heavy atom. The first-order valence-electron chi connectivity index (χ1n) is 5.84. The lowest BCUT2D eigenvalue weighted by Crippen LogP contribution is -2.50. The Kier molecular flexibility index (Phi) is 5.27. The lowest BCUT2D eigenvalue weighted by atomic mass is 10.3. The van der Waals surface area contributed by atoms with Crippen LogP contribution in [0.25, 0.3) is 0 Å². The first kappa shape index (κ1) is 17.5. The lowest BCUT2D eigenvalue weighted by Gasteiger charge is -2.33. The molecule has 1 aromatic rings. The molecule has 2 rings (SSSR count). The van der Waals surface area contributed by atoms with Gasteiger partial charge in [0.25, 0.3) is 10.0 Å². The predicted octanol–water partition coefficient (Wildman–Crippen LogP) is 3.03. The van der Waals surface area contributed by atoms with Gasteiger partial charge in [-0.2, -0.15) is 17.5 Å². The van der Waals surface area contributed by atoms with Crippen molar-refractivity contribution in [2.45, 2.75) is 10.4 Å². The van der Waals surface area contributed by atoms with E-state index in [1.165, 1.54) is 15.3 Å². The van der Waals surface area contributed by atoms with Crippen LogP contribution in [0.4, 0.5) is 13.2 Å². The number of alkyl halides is 3. The van der Waals surface area contributed by atoms with Crippen LogP contribution < -0.4 is 0 Å². The van der Waals surface area contributed by atoms with Crippen molar-refractivity contribution < 1.29 is 21.6 Å². The van der Waals surface area contributed by atoms with E-state index in [0.29, 0.717) is 8.81 Å². The number of sulfonamides is 1. The van der Waals surface area contributed by atoms with Gasteiger partial charge in [-0.15, -0.1) is 11.3 Å². The van der Waals surface area contributed by atoms with Crippen molar-refractivity contribution in [3.63, 3.8) is 0 Å². The molecule has 1 fully saturated rings. The zero-order chi connectivity index (χ0) is 15.8. The molecule has 120 valence electrons. The van der Waals surface area contributed by atoms with Crippen LogP contribution >= 0.6 is 38.9 Å². The fourth-order valence-electron chi connectivity index (χ4n) is 1.96. The third-order valence-corrected chi connectivity index (χ3v) is 7.77. The summed E-state index contributed by atoms with van der Waals surface area (Å²) in [6.07, 6.45) is -4.27. The summed E-state index contributed by atoms with van der Waals surface area (Å²) in [7, 11) is -3.70. The van der Waals surface area contributed by atoms with Gasteiger partial charge in [-0.05, 0) is 22.0 Å². The first-order chi connectivity index (χ1) is 9.59. The quantitative estimate of drug-likeness (QED) is 0.744. The summed E-state index contributed by atoms with van der Waals surface area (Å²) in [6.45, 7) is -0.841. The molecule has 0 bridgehead atoms. The van der Waals surface area contributed by atoms with Gasteiger partial charge in [0.1, 0.15) is 4.21 Å². The lowest BCUT2D eigenvalue weighted by molar-refractivity contribution is -0.148. The van der Waals surface area contributed by atoms with Crippen molar-refractivity contribution in [3.05, 3.63) is 14.9 Å². The number of hydrogen-bond acceptors (Lipinski definition) is 4. The van der Waals surface area contributed by atoms with Crippen LogP contribution in [0.5, 0.6) is 0 Å². The summed E-state index contributed by atoms with van der Waals surface area (Å²) in [5.41, 5.74) is 0. The highest BCUT2D eigenvalue weighted by Crippen LogP contribution is 2.36. The standard InChI is InChI=1S/C10H11BrClF3N2O2S2/c11-9-7(12)5-8(20-9)21(18,19)17-3-1-16(2-4-17)6-10(13,14)15/h5H,1-4,6H2. The van der Waals surface area contributed by atoms with Gasteiger partial charge in [0.15, 0.2) is 0 Å². The molecule has 4 nitrogen and oxygen atoms in total. The van der Waals surface area contributed by atoms with Crippen molar-refractivity contribution in [2.24, 2.45) is 0 Å². The Morgan fingerprint density at radius 3 is 2.29 bits per heavy atom. The molecule has 0 spiro atoms. The predicted molar refractivity (Wildman–Crippen MR) is 78.3 cm³/mol. The Bertz CT molecular complexity index is 593. The molecule has 0 aliphatic carbocycles.